The van der Waals surface area contributed by atoms with Crippen molar-refractivity contribution in [2.45, 2.75) is 32.0 Å². The lowest BCUT2D eigenvalue weighted by molar-refractivity contribution is -0.142. The molecule has 0 spiro atoms. The van der Waals surface area contributed by atoms with Crippen molar-refractivity contribution in [2.24, 2.45) is 0 Å². The van der Waals surface area contributed by atoms with E-state index in [4.69, 9.17) is 4.74 Å². The lowest BCUT2D eigenvalue weighted by atomic mass is 10.1. The third-order valence-electron chi connectivity index (χ3n) is 7.75. The highest BCUT2D eigenvalue weighted by molar-refractivity contribution is 6.10. The van der Waals surface area contributed by atoms with Crippen LogP contribution < -0.4 is 24.8 Å². The molecule has 0 aliphatic carbocycles. The van der Waals surface area contributed by atoms with Crippen LogP contribution in [0.2, 0.25) is 0 Å². The molecule has 0 saturated carbocycles. The molecule has 3 aliphatic rings. The van der Waals surface area contributed by atoms with E-state index in [1.807, 2.05) is 54.4 Å². The predicted octanol–water partition coefficient (Wildman–Crippen LogP) is 4.95. The molecule has 8 nitrogen and oxygen atoms in total. The van der Waals surface area contributed by atoms with Gasteiger partial charge >= 0.3 is 5.97 Å². The number of rotatable bonds is 6. The molecule has 8 heteroatoms. The van der Waals surface area contributed by atoms with E-state index in [1.54, 1.807) is 0 Å². The van der Waals surface area contributed by atoms with Crippen molar-refractivity contribution in [3.05, 3.63) is 77.4 Å². The van der Waals surface area contributed by atoms with Crippen molar-refractivity contribution in [1.82, 2.24) is 0 Å². The minimum absolute atomic E-state index is 0.0536. The van der Waals surface area contributed by atoms with Gasteiger partial charge in [0.15, 0.2) is 6.61 Å². The van der Waals surface area contributed by atoms with E-state index in [-0.39, 0.29) is 18.7 Å². The number of hydrogen-bond donors (Lipinski definition) is 1. The van der Waals surface area contributed by atoms with Gasteiger partial charge in [-0.2, -0.15) is 0 Å². The fourth-order valence-corrected chi connectivity index (χ4v) is 5.60. The summed E-state index contributed by atoms with van der Waals surface area (Å²) >= 11 is 0. The standard InChI is InChI=1S/C30H32N4O4/c1-32-27-17-23(34-18-21-16-22(8-12-25(21)30(34)36)33-14-4-3-5-15-33)9-13-26(27)31-29(32)20-6-10-24(11-7-20)38-19-28(35)37-2/h6-13,16-17,29,31H,3-5,14-15,18-19H2,1-2H3. The number of ether oxygens (including phenoxy) is 2. The first kappa shape index (κ1) is 24.2. The zero-order valence-corrected chi connectivity index (χ0v) is 21.8. The lowest BCUT2D eigenvalue weighted by Crippen LogP contribution is -2.29. The first-order valence-electron chi connectivity index (χ1n) is 13.1. The maximum atomic E-state index is 13.3. The van der Waals surface area contributed by atoms with Gasteiger partial charge in [-0.05, 0) is 78.9 Å². The molecular weight excluding hydrogens is 480 g/mol. The number of methoxy groups -OCH3 is 1. The van der Waals surface area contributed by atoms with E-state index in [9.17, 15) is 9.59 Å². The van der Waals surface area contributed by atoms with E-state index in [2.05, 4.69) is 38.1 Å². The van der Waals surface area contributed by atoms with E-state index in [1.165, 1.54) is 32.1 Å². The number of anilines is 4. The van der Waals surface area contributed by atoms with Crippen LogP contribution in [-0.4, -0.2) is 45.7 Å². The third-order valence-corrected chi connectivity index (χ3v) is 7.75. The van der Waals surface area contributed by atoms with Crippen LogP contribution in [0.5, 0.6) is 5.75 Å². The Bertz CT molecular complexity index is 1370. The van der Waals surface area contributed by atoms with Crippen LogP contribution >= 0.6 is 0 Å². The number of fused-ring (bicyclic) bond motifs is 2. The van der Waals surface area contributed by atoms with Crippen molar-refractivity contribution in [1.29, 1.82) is 0 Å². The number of amides is 1. The zero-order chi connectivity index (χ0) is 26.2. The number of carbonyl (C=O) groups is 2. The zero-order valence-electron chi connectivity index (χ0n) is 21.8. The highest BCUT2D eigenvalue weighted by Gasteiger charge is 2.32. The minimum atomic E-state index is -0.417. The van der Waals surface area contributed by atoms with Gasteiger partial charge in [-0.25, -0.2) is 4.79 Å². The number of piperidine rings is 1. The molecule has 6 rings (SSSR count). The summed E-state index contributed by atoms with van der Waals surface area (Å²) in [5.74, 6) is 0.243. The second kappa shape index (κ2) is 9.93. The monoisotopic (exact) mass is 512 g/mol. The number of carbonyl (C=O) groups excluding carboxylic acids is 2. The highest BCUT2D eigenvalue weighted by atomic mass is 16.6. The summed E-state index contributed by atoms with van der Waals surface area (Å²) in [5.41, 5.74) is 7.12. The minimum Gasteiger partial charge on any atom is -0.482 e. The van der Waals surface area contributed by atoms with E-state index < -0.39 is 5.97 Å². The summed E-state index contributed by atoms with van der Waals surface area (Å²) in [6.45, 7) is 2.64. The Morgan fingerprint density at radius 3 is 2.50 bits per heavy atom. The fraction of sp³-hybridized carbons (Fsp3) is 0.333. The number of benzene rings is 3. The summed E-state index contributed by atoms with van der Waals surface area (Å²) in [7, 11) is 3.38. The van der Waals surface area contributed by atoms with E-state index in [0.29, 0.717) is 12.3 Å². The van der Waals surface area contributed by atoms with E-state index in [0.717, 1.165) is 46.8 Å². The van der Waals surface area contributed by atoms with Gasteiger partial charge < -0.3 is 29.5 Å². The first-order valence-corrected chi connectivity index (χ1v) is 13.1. The quantitative estimate of drug-likeness (QED) is 0.469. The van der Waals surface area contributed by atoms with Gasteiger partial charge in [-0.1, -0.05) is 12.1 Å². The average molecular weight is 513 g/mol. The van der Waals surface area contributed by atoms with Gasteiger partial charge in [0, 0.05) is 37.1 Å². The average Bonchev–Trinajstić information content (AvgIpc) is 3.48. The van der Waals surface area contributed by atoms with Gasteiger partial charge in [0.25, 0.3) is 5.91 Å². The molecule has 3 aromatic rings. The van der Waals surface area contributed by atoms with Crippen LogP contribution in [0.4, 0.5) is 22.7 Å². The van der Waals surface area contributed by atoms with Crippen LogP contribution in [0, 0.1) is 0 Å². The van der Waals surface area contributed by atoms with Crippen LogP contribution in [0.1, 0.15) is 46.9 Å². The van der Waals surface area contributed by atoms with Crippen molar-refractivity contribution in [3.63, 3.8) is 0 Å². The molecule has 0 aromatic heterocycles. The van der Waals surface area contributed by atoms with Gasteiger partial charge in [0.2, 0.25) is 0 Å². The molecule has 1 unspecified atom stereocenters. The summed E-state index contributed by atoms with van der Waals surface area (Å²) in [6, 6.07) is 20.1. The molecule has 3 heterocycles. The molecule has 1 saturated heterocycles. The molecule has 1 amide bonds. The molecule has 196 valence electrons. The Morgan fingerprint density at radius 2 is 1.74 bits per heavy atom. The van der Waals surface area contributed by atoms with Crippen molar-refractivity contribution in [3.8, 4) is 5.75 Å². The summed E-state index contributed by atoms with van der Waals surface area (Å²) in [5, 5.41) is 3.57. The molecule has 0 bridgehead atoms. The maximum absolute atomic E-state index is 13.3. The Labute approximate surface area is 222 Å². The Kier molecular flexibility index (Phi) is 6.31. The van der Waals surface area contributed by atoms with Gasteiger partial charge in [-0.3, -0.25) is 4.79 Å². The van der Waals surface area contributed by atoms with Crippen molar-refractivity contribution in [2.75, 3.05) is 53.9 Å². The third kappa shape index (κ3) is 4.40. The number of nitrogens with one attached hydrogen (secondary N) is 1. The van der Waals surface area contributed by atoms with Crippen LogP contribution in [0.15, 0.2) is 60.7 Å². The normalized spacial score (nSPS) is 18.2. The number of hydrogen-bond acceptors (Lipinski definition) is 7. The highest BCUT2D eigenvalue weighted by Crippen LogP contribution is 2.43. The van der Waals surface area contributed by atoms with E-state index >= 15 is 0 Å². The van der Waals surface area contributed by atoms with Crippen LogP contribution in [-0.2, 0) is 16.1 Å². The van der Waals surface area contributed by atoms with Crippen molar-refractivity contribution < 1.29 is 19.1 Å². The van der Waals surface area contributed by atoms with Gasteiger partial charge in [-0.15, -0.1) is 0 Å². The summed E-state index contributed by atoms with van der Waals surface area (Å²) in [4.78, 5) is 31.2. The number of esters is 1. The number of nitrogens with zero attached hydrogens (tertiary/aromatic N) is 3. The SMILES string of the molecule is COC(=O)COc1ccc(C2Nc3ccc(N4Cc5cc(N6CCCCC6)ccc5C4=O)cc3N2C)cc1. The smallest absolute Gasteiger partial charge is 0.343 e. The van der Waals surface area contributed by atoms with Crippen LogP contribution in [0.25, 0.3) is 0 Å². The lowest BCUT2D eigenvalue weighted by Gasteiger charge is -2.29. The Hall–Kier alpha value is -4.20. The van der Waals surface area contributed by atoms with Gasteiger partial charge in [0.1, 0.15) is 11.9 Å². The largest absolute Gasteiger partial charge is 0.482 e. The van der Waals surface area contributed by atoms with Crippen LogP contribution in [0.3, 0.4) is 0 Å². The molecule has 1 fully saturated rings. The molecule has 1 atom stereocenters. The molecule has 0 radical (unpaired) electrons. The first-order chi connectivity index (χ1) is 18.5. The topological polar surface area (TPSA) is 74.4 Å². The predicted molar refractivity (Wildman–Crippen MR) is 148 cm³/mol. The van der Waals surface area contributed by atoms with Gasteiger partial charge in [0.05, 0.1) is 25.0 Å². The molecule has 1 N–H and O–H groups in total. The Morgan fingerprint density at radius 1 is 0.974 bits per heavy atom. The summed E-state index contributed by atoms with van der Waals surface area (Å²) in [6.07, 6.45) is 3.70. The molecular formula is C30H32N4O4. The fourth-order valence-electron chi connectivity index (χ4n) is 5.60. The Balaban J connectivity index is 1.17. The maximum Gasteiger partial charge on any atom is 0.343 e. The summed E-state index contributed by atoms with van der Waals surface area (Å²) < 4.78 is 10.1. The van der Waals surface area contributed by atoms with Crippen molar-refractivity contribution >= 4 is 34.6 Å². The molecule has 38 heavy (non-hydrogen) atoms. The molecule has 3 aromatic carbocycles. The second-order valence-electron chi connectivity index (χ2n) is 10.1. The molecule has 3 aliphatic heterocycles. The second-order valence-corrected chi connectivity index (χ2v) is 10.1.